The van der Waals surface area contributed by atoms with E-state index in [1.54, 1.807) is 31.4 Å². The van der Waals surface area contributed by atoms with Crippen LogP contribution in [0.5, 0.6) is 5.75 Å². The molecule has 2 aromatic rings. The zero-order valence-electron chi connectivity index (χ0n) is 19.0. The first-order valence-corrected chi connectivity index (χ1v) is 11.0. The molecule has 2 N–H and O–H groups in total. The number of carbonyl (C=O) groups excluding carboxylic acids is 2. The molecule has 0 saturated carbocycles. The zero-order chi connectivity index (χ0) is 23.3. The van der Waals surface area contributed by atoms with Gasteiger partial charge in [-0.2, -0.15) is 0 Å². The largest absolute Gasteiger partial charge is 0.497 e. The summed E-state index contributed by atoms with van der Waals surface area (Å²) < 4.78 is 5.10. The average molecular weight is 455 g/mol. The number of thiocarbonyl (C=S) groups is 1. The molecule has 1 heterocycles. The number of anilines is 2. The first kappa shape index (κ1) is 23.5. The second-order valence-electron chi connectivity index (χ2n) is 8.71. The van der Waals surface area contributed by atoms with Crippen LogP contribution in [-0.2, 0) is 4.79 Å². The van der Waals surface area contributed by atoms with Crippen LogP contribution in [0.4, 0.5) is 11.4 Å². The SMILES string of the molecule is COc1ccc(C(=O)NC(=S)Nc2ccc(N3CCN(C(=O)C(C)(C)C)CC3)cc2)cc1. The van der Waals surface area contributed by atoms with E-state index in [-0.39, 0.29) is 22.3 Å². The van der Waals surface area contributed by atoms with Gasteiger partial charge in [-0.25, -0.2) is 0 Å². The number of benzene rings is 2. The third-order valence-electron chi connectivity index (χ3n) is 5.28. The van der Waals surface area contributed by atoms with E-state index < -0.39 is 0 Å². The van der Waals surface area contributed by atoms with Crippen LogP contribution in [0.15, 0.2) is 48.5 Å². The van der Waals surface area contributed by atoms with Gasteiger partial charge in [0.2, 0.25) is 5.91 Å². The monoisotopic (exact) mass is 454 g/mol. The number of nitrogens with one attached hydrogen (secondary N) is 2. The van der Waals surface area contributed by atoms with E-state index in [1.165, 1.54) is 0 Å². The molecule has 1 aliphatic heterocycles. The molecule has 3 rings (SSSR count). The Morgan fingerprint density at radius 1 is 0.938 bits per heavy atom. The third-order valence-corrected chi connectivity index (χ3v) is 5.48. The molecular formula is C24H30N4O3S. The second-order valence-corrected chi connectivity index (χ2v) is 9.12. The molecule has 1 saturated heterocycles. The van der Waals surface area contributed by atoms with Crippen molar-refractivity contribution in [3.05, 3.63) is 54.1 Å². The van der Waals surface area contributed by atoms with E-state index in [4.69, 9.17) is 17.0 Å². The van der Waals surface area contributed by atoms with Crippen molar-refractivity contribution in [1.82, 2.24) is 10.2 Å². The van der Waals surface area contributed by atoms with Gasteiger partial charge in [-0.15, -0.1) is 0 Å². The lowest BCUT2D eigenvalue weighted by Crippen LogP contribution is -2.51. The molecule has 0 unspecified atom stereocenters. The molecule has 0 atom stereocenters. The van der Waals surface area contributed by atoms with Gasteiger partial charge in [0.15, 0.2) is 5.11 Å². The molecular weight excluding hydrogens is 424 g/mol. The van der Waals surface area contributed by atoms with Crippen molar-refractivity contribution in [3.8, 4) is 5.75 Å². The predicted octanol–water partition coefficient (Wildman–Crippen LogP) is 3.52. The maximum absolute atomic E-state index is 12.5. The second kappa shape index (κ2) is 9.99. The van der Waals surface area contributed by atoms with Crippen LogP contribution >= 0.6 is 12.2 Å². The van der Waals surface area contributed by atoms with Crippen LogP contribution in [0.2, 0.25) is 0 Å². The highest BCUT2D eigenvalue weighted by molar-refractivity contribution is 7.80. The first-order valence-electron chi connectivity index (χ1n) is 10.6. The topological polar surface area (TPSA) is 73.9 Å². The fraction of sp³-hybridized carbons (Fsp3) is 0.375. The van der Waals surface area contributed by atoms with E-state index >= 15 is 0 Å². The molecule has 8 heteroatoms. The number of nitrogens with zero attached hydrogens (tertiary/aromatic N) is 2. The lowest BCUT2D eigenvalue weighted by Gasteiger charge is -2.38. The molecule has 0 spiro atoms. The number of rotatable bonds is 4. The number of methoxy groups -OCH3 is 1. The minimum atomic E-state index is -0.350. The summed E-state index contributed by atoms with van der Waals surface area (Å²) in [5.74, 6) is 0.593. The maximum Gasteiger partial charge on any atom is 0.257 e. The normalized spacial score (nSPS) is 14.0. The molecule has 0 aromatic heterocycles. The first-order chi connectivity index (χ1) is 15.2. The fourth-order valence-electron chi connectivity index (χ4n) is 3.48. The Bertz CT molecular complexity index is 960. The van der Waals surface area contributed by atoms with E-state index in [9.17, 15) is 9.59 Å². The van der Waals surface area contributed by atoms with Crippen molar-refractivity contribution >= 4 is 40.5 Å². The van der Waals surface area contributed by atoms with Gasteiger partial charge in [-0.3, -0.25) is 14.9 Å². The van der Waals surface area contributed by atoms with E-state index in [2.05, 4.69) is 15.5 Å². The van der Waals surface area contributed by atoms with Crippen molar-refractivity contribution in [2.24, 2.45) is 5.41 Å². The molecule has 0 aliphatic carbocycles. The maximum atomic E-state index is 12.5. The van der Waals surface area contributed by atoms with Crippen molar-refractivity contribution in [2.45, 2.75) is 20.8 Å². The summed E-state index contributed by atoms with van der Waals surface area (Å²) >= 11 is 5.27. The van der Waals surface area contributed by atoms with Crippen molar-refractivity contribution in [3.63, 3.8) is 0 Å². The molecule has 2 amide bonds. The highest BCUT2D eigenvalue weighted by Gasteiger charge is 2.29. The number of hydrogen-bond acceptors (Lipinski definition) is 5. The predicted molar refractivity (Wildman–Crippen MR) is 131 cm³/mol. The van der Waals surface area contributed by atoms with E-state index in [0.29, 0.717) is 11.3 Å². The number of hydrogen-bond donors (Lipinski definition) is 2. The van der Waals surface area contributed by atoms with Crippen LogP contribution in [0.25, 0.3) is 0 Å². The highest BCUT2D eigenvalue weighted by Crippen LogP contribution is 2.22. The lowest BCUT2D eigenvalue weighted by atomic mass is 9.94. The van der Waals surface area contributed by atoms with Gasteiger partial charge >= 0.3 is 0 Å². The molecule has 170 valence electrons. The van der Waals surface area contributed by atoms with Crippen LogP contribution in [0, 0.1) is 5.41 Å². The molecule has 32 heavy (non-hydrogen) atoms. The summed E-state index contributed by atoms with van der Waals surface area (Å²) in [4.78, 5) is 29.0. The third kappa shape index (κ3) is 5.97. The Hall–Kier alpha value is -3.13. The fourth-order valence-corrected chi connectivity index (χ4v) is 3.69. The Morgan fingerprint density at radius 3 is 2.06 bits per heavy atom. The minimum Gasteiger partial charge on any atom is -0.497 e. The van der Waals surface area contributed by atoms with Crippen LogP contribution < -0.4 is 20.3 Å². The lowest BCUT2D eigenvalue weighted by molar-refractivity contribution is -0.139. The Labute approximate surface area is 194 Å². The van der Waals surface area contributed by atoms with Gasteiger partial charge < -0.3 is 19.9 Å². The van der Waals surface area contributed by atoms with Crippen LogP contribution in [-0.4, -0.2) is 55.1 Å². The number of piperazine rings is 1. The standard InChI is InChI=1S/C24H30N4O3S/c1-24(2,3)22(30)28-15-13-27(14-16-28)19-9-7-18(8-10-19)25-23(32)26-21(29)17-5-11-20(31-4)12-6-17/h5-12H,13-16H2,1-4H3,(H2,25,26,29,32). The van der Waals surface area contributed by atoms with Crippen LogP contribution in [0.3, 0.4) is 0 Å². The Morgan fingerprint density at radius 2 is 1.53 bits per heavy atom. The molecule has 1 fully saturated rings. The van der Waals surface area contributed by atoms with Crippen molar-refractivity contribution < 1.29 is 14.3 Å². The summed E-state index contributed by atoms with van der Waals surface area (Å²) in [5.41, 5.74) is 2.02. The number of amides is 2. The van der Waals surface area contributed by atoms with E-state index in [1.807, 2.05) is 49.9 Å². The van der Waals surface area contributed by atoms with E-state index in [0.717, 1.165) is 37.6 Å². The highest BCUT2D eigenvalue weighted by atomic mass is 32.1. The molecule has 7 nitrogen and oxygen atoms in total. The van der Waals surface area contributed by atoms with Gasteiger partial charge in [0.25, 0.3) is 5.91 Å². The minimum absolute atomic E-state index is 0.196. The summed E-state index contributed by atoms with van der Waals surface area (Å²) in [6.07, 6.45) is 0. The Balaban J connectivity index is 1.50. The van der Waals surface area contributed by atoms with Gasteiger partial charge in [-0.1, -0.05) is 20.8 Å². The van der Waals surface area contributed by atoms with Crippen molar-refractivity contribution in [1.29, 1.82) is 0 Å². The Kier molecular flexibility index (Phi) is 7.35. The molecule has 1 aliphatic rings. The van der Waals surface area contributed by atoms with Gasteiger partial charge in [0.1, 0.15) is 5.75 Å². The van der Waals surface area contributed by atoms with Gasteiger partial charge in [0, 0.05) is 48.5 Å². The van der Waals surface area contributed by atoms with Crippen LogP contribution in [0.1, 0.15) is 31.1 Å². The number of ether oxygens (including phenoxy) is 1. The average Bonchev–Trinajstić information content (AvgIpc) is 2.78. The molecule has 2 aromatic carbocycles. The summed E-state index contributed by atoms with van der Waals surface area (Å²) in [5, 5.41) is 5.95. The van der Waals surface area contributed by atoms with Gasteiger partial charge in [0.05, 0.1) is 7.11 Å². The van der Waals surface area contributed by atoms with Crippen molar-refractivity contribution in [2.75, 3.05) is 43.5 Å². The zero-order valence-corrected chi connectivity index (χ0v) is 19.8. The quantitative estimate of drug-likeness (QED) is 0.689. The molecule has 0 radical (unpaired) electrons. The smallest absolute Gasteiger partial charge is 0.257 e. The molecule has 0 bridgehead atoms. The number of carbonyl (C=O) groups is 2. The summed E-state index contributed by atoms with van der Waals surface area (Å²) in [6.45, 7) is 8.90. The summed E-state index contributed by atoms with van der Waals surface area (Å²) in [6, 6.07) is 14.7. The van der Waals surface area contributed by atoms with Gasteiger partial charge in [-0.05, 0) is 60.7 Å². The summed E-state index contributed by atoms with van der Waals surface area (Å²) in [7, 11) is 1.58.